The van der Waals surface area contributed by atoms with Crippen LogP contribution in [0.1, 0.15) is 30.9 Å². The first-order valence-corrected chi connectivity index (χ1v) is 10.1. The molecule has 0 aliphatic heterocycles. The molecule has 0 spiro atoms. The van der Waals surface area contributed by atoms with Gasteiger partial charge in [-0.15, -0.1) is 6.58 Å². The molecule has 3 aromatic heterocycles. The fourth-order valence-corrected chi connectivity index (χ4v) is 3.80. The summed E-state index contributed by atoms with van der Waals surface area (Å²) in [4.78, 5) is 12.5. The number of fused-ring (bicyclic) bond motifs is 2. The monoisotopic (exact) mass is 380 g/mol. The van der Waals surface area contributed by atoms with Crippen LogP contribution in [0, 0.1) is 6.92 Å². The molecule has 1 aromatic carbocycles. The maximum atomic E-state index is 4.62. The summed E-state index contributed by atoms with van der Waals surface area (Å²) < 4.78 is 0. The summed E-state index contributed by atoms with van der Waals surface area (Å²) in [5, 5.41) is 2.37. The molecule has 0 unspecified atom stereocenters. The molecule has 4 aromatic rings. The van der Waals surface area contributed by atoms with E-state index in [0.717, 1.165) is 42.2 Å². The highest BCUT2D eigenvalue weighted by atomic mass is 14.8. The van der Waals surface area contributed by atoms with E-state index in [2.05, 4.69) is 71.9 Å². The molecule has 0 fully saturated rings. The quantitative estimate of drug-likeness (QED) is 0.289. The van der Waals surface area contributed by atoms with Crippen LogP contribution in [0.5, 0.6) is 0 Å². The van der Waals surface area contributed by atoms with Crippen molar-refractivity contribution in [1.29, 1.82) is 0 Å². The van der Waals surface area contributed by atoms with Crippen LogP contribution in [-0.2, 0) is 12.8 Å². The standard InChI is InChI=1S/C26H26N3/c1-4-6-7-8-20-11-12-27-25-10-9-21(15-22(20)25)24-17-29-26-23(24)14-19(16-28-26)13-18(3)5-2/h4-5,9-12,14-17H,1-2,6-8,13H2,3H3,(H,28,29). The van der Waals surface area contributed by atoms with Crippen molar-refractivity contribution in [1.82, 2.24) is 15.0 Å². The van der Waals surface area contributed by atoms with Crippen LogP contribution in [0.2, 0.25) is 0 Å². The lowest BCUT2D eigenvalue weighted by molar-refractivity contribution is 0.848. The molecule has 4 rings (SSSR count). The number of allylic oxidation sites excluding steroid dienone is 3. The van der Waals surface area contributed by atoms with Gasteiger partial charge in [0.05, 0.1) is 5.52 Å². The lowest BCUT2D eigenvalue weighted by Gasteiger charge is -2.08. The molecule has 0 aliphatic carbocycles. The Morgan fingerprint density at radius 1 is 1.14 bits per heavy atom. The minimum absolute atomic E-state index is 0.867. The number of hydrogen-bond acceptors (Lipinski definition) is 2. The largest absolute Gasteiger partial charge is 0.346 e. The fourth-order valence-electron chi connectivity index (χ4n) is 3.80. The molecule has 145 valence electrons. The number of benzene rings is 1. The van der Waals surface area contributed by atoms with E-state index < -0.39 is 0 Å². The Bertz CT molecular complexity index is 1200. The van der Waals surface area contributed by atoms with Crippen LogP contribution >= 0.6 is 0 Å². The molecule has 3 heterocycles. The number of rotatable bonds is 7. The highest BCUT2D eigenvalue weighted by molar-refractivity contribution is 5.97. The molecular formula is C26H26N3. The average molecular weight is 381 g/mol. The number of hydrogen-bond donors (Lipinski definition) is 1. The van der Waals surface area contributed by atoms with Crippen molar-refractivity contribution < 1.29 is 0 Å². The average Bonchev–Trinajstić information content (AvgIpc) is 3.17. The second-order valence-corrected chi connectivity index (χ2v) is 7.55. The normalized spacial score (nSPS) is 12.0. The summed E-state index contributed by atoms with van der Waals surface area (Å²) in [5.74, 6) is 0. The first-order valence-electron chi connectivity index (χ1n) is 10.1. The summed E-state index contributed by atoms with van der Waals surface area (Å²) in [7, 11) is 0. The topological polar surface area (TPSA) is 41.6 Å². The fraction of sp³-hybridized carbons (Fsp3) is 0.192. The molecule has 3 nitrogen and oxygen atoms in total. The van der Waals surface area contributed by atoms with Gasteiger partial charge < -0.3 is 4.98 Å². The summed E-state index contributed by atoms with van der Waals surface area (Å²) in [6, 6.07) is 10.9. The first-order chi connectivity index (χ1) is 14.2. The second kappa shape index (κ2) is 8.44. The Kier molecular flexibility index (Phi) is 5.57. The number of pyridine rings is 2. The van der Waals surface area contributed by atoms with E-state index in [1.54, 1.807) is 0 Å². The molecule has 0 bridgehead atoms. The van der Waals surface area contributed by atoms with Gasteiger partial charge in [0.15, 0.2) is 0 Å². The van der Waals surface area contributed by atoms with Crippen molar-refractivity contribution >= 4 is 21.9 Å². The second-order valence-electron chi connectivity index (χ2n) is 7.55. The minimum atomic E-state index is 0.867. The number of unbranched alkanes of at least 4 members (excludes halogenated alkanes) is 1. The number of aryl methyl sites for hydroxylation is 1. The third-order valence-corrected chi connectivity index (χ3v) is 5.42. The molecule has 0 aliphatic rings. The minimum Gasteiger partial charge on any atom is -0.346 e. The highest BCUT2D eigenvalue weighted by Crippen LogP contribution is 2.31. The van der Waals surface area contributed by atoms with Gasteiger partial charge in [0.2, 0.25) is 0 Å². The highest BCUT2D eigenvalue weighted by Gasteiger charge is 2.11. The van der Waals surface area contributed by atoms with E-state index in [4.69, 9.17) is 0 Å². The Labute approximate surface area is 172 Å². The zero-order valence-electron chi connectivity index (χ0n) is 16.9. The Morgan fingerprint density at radius 3 is 2.86 bits per heavy atom. The zero-order valence-corrected chi connectivity index (χ0v) is 16.9. The van der Waals surface area contributed by atoms with Crippen LogP contribution in [0.4, 0.5) is 0 Å². The van der Waals surface area contributed by atoms with Crippen LogP contribution in [-0.4, -0.2) is 15.0 Å². The van der Waals surface area contributed by atoms with Crippen LogP contribution in [0.25, 0.3) is 33.1 Å². The Balaban J connectivity index is 1.77. The predicted molar refractivity (Wildman–Crippen MR) is 123 cm³/mol. The molecular weight excluding hydrogens is 354 g/mol. The lowest BCUT2D eigenvalue weighted by Crippen LogP contribution is -1.91. The van der Waals surface area contributed by atoms with E-state index in [9.17, 15) is 0 Å². The van der Waals surface area contributed by atoms with Gasteiger partial charge >= 0.3 is 0 Å². The van der Waals surface area contributed by atoms with Gasteiger partial charge in [-0.1, -0.05) is 23.8 Å². The van der Waals surface area contributed by atoms with Crippen molar-refractivity contribution in [2.45, 2.75) is 32.6 Å². The summed E-state index contributed by atoms with van der Waals surface area (Å²) in [5.41, 5.74) is 8.09. The van der Waals surface area contributed by atoms with Gasteiger partial charge in [0.25, 0.3) is 0 Å². The van der Waals surface area contributed by atoms with Gasteiger partial charge in [-0.3, -0.25) is 4.98 Å². The number of nitrogens with zero attached hydrogens (tertiary/aromatic N) is 2. The van der Waals surface area contributed by atoms with Crippen molar-refractivity contribution in [2.24, 2.45) is 0 Å². The number of aromatic amines is 1. The molecule has 0 atom stereocenters. The van der Waals surface area contributed by atoms with Crippen molar-refractivity contribution in [3.63, 3.8) is 0 Å². The van der Waals surface area contributed by atoms with E-state index in [0.29, 0.717) is 0 Å². The van der Waals surface area contributed by atoms with Crippen LogP contribution in [0.3, 0.4) is 0 Å². The summed E-state index contributed by atoms with van der Waals surface area (Å²) >= 11 is 0. The number of H-pyrrole nitrogens is 1. The molecule has 1 radical (unpaired) electrons. The van der Waals surface area contributed by atoms with Gasteiger partial charge in [-0.25, -0.2) is 4.98 Å². The third-order valence-electron chi connectivity index (χ3n) is 5.42. The lowest BCUT2D eigenvalue weighted by atomic mass is 9.98. The van der Waals surface area contributed by atoms with Gasteiger partial charge in [0, 0.05) is 34.9 Å². The molecule has 0 saturated carbocycles. The van der Waals surface area contributed by atoms with Gasteiger partial charge in [-0.05, 0) is 80.5 Å². The molecule has 0 amide bonds. The first kappa shape index (κ1) is 19.1. The van der Waals surface area contributed by atoms with Gasteiger partial charge in [0.1, 0.15) is 5.65 Å². The van der Waals surface area contributed by atoms with Crippen LogP contribution in [0.15, 0.2) is 73.2 Å². The maximum absolute atomic E-state index is 4.62. The SMILES string of the molecule is [CH2]C=C(C)Cc1cnc2[nH]cc(-c3ccc4nccc(CCCC=C)c4c3)c2c1. The van der Waals surface area contributed by atoms with E-state index in [1.165, 1.54) is 33.2 Å². The van der Waals surface area contributed by atoms with E-state index in [1.807, 2.05) is 24.5 Å². The number of nitrogens with one attached hydrogen (secondary N) is 1. The molecule has 0 saturated heterocycles. The Hall–Kier alpha value is -3.20. The molecule has 3 heteroatoms. The van der Waals surface area contributed by atoms with Crippen molar-refractivity contribution in [3.8, 4) is 11.1 Å². The van der Waals surface area contributed by atoms with Crippen molar-refractivity contribution in [2.75, 3.05) is 0 Å². The maximum Gasteiger partial charge on any atom is 0.137 e. The third kappa shape index (κ3) is 4.00. The van der Waals surface area contributed by atoms with Gasteiger partial charge in [-0.2, -0.15) is 0 Å². The smallest absolute Gasteiger partial charge is 0.137 e. The number of aromatic nitrogens is 3. The van der Waals surface area contributed by atoms with Crippen LogP contribution < -0.4 is 0 Å². The van der Waals surface area contributed by atoms with E-state index in [-0.39, 0.29) is 0 Å². The van der Waals surface area contributed by atoms with Crippen molar-refractivity contribution in [3.05, 3.63) is 91.3 Å². The molecule has 29 heavy (non-hydrogen) atoms. The predicted octanol–water partition coefficient (Wildman–Crippen LogP) is 6.61. The summed E-state index contributed by atoms with van der Waals surface area (Å²) in [6.07, 6.45) is 13.8. The Morgan fingerprint density at radius 2 is 2.03 bits per heavy atom. The van der Waals surface area contributed by atoms with E-state index >= 15 is 0 Å². The summed E-state index contributed by atoms with van der Waals surface area (Å²) in [6.45, 7) is 9.79. The molecule has 1 N–H and O–H groups in total. The zero-order chi connectivity index (χ0) is 20.2.